The lowest BCUT2D eigenvalue weighted by Gasteiger charge is -2.17. The lowest BCUT2D eigenvalue weighted by molar-refractivity contribution is 0.0684. The summed E-state index contributed by atoms with van der Waals surface area (Å²) in [5.41, 5.74) is 8.04. The monoisotopic (exact) mass is 655 g/mol. The molecule has 0 atom stereocenters. The highest BCUT2D eigenvalue weighted by molar-refractivity contribution is 7.98. The van der Waals surface area contributed by atoms with E-state index < -0.39 is 5.97 Å². The molecule has 1 aliphatic heterocycles. The summed E-state index contributed by atoms with van der Waals surface area (Å²) in [6, 6.07) is 18.6. The number of hydrogen-bond acceptors (Lipinski definition) is 6. The third-order valence-corrected chi connectivity index (χ3v) is 11.1. The standard InChI is InChI=1S/C34H30ClN5O3S2/c1-38-21-13-20(36-38)16-44-18-26-32-28(39(2)37-26)15-24-30-27(9-8-25(35)31(30)32)40(33(24)34(41)42)10-5-11-43-29-14-22(45-17-21)12-19-6-3-4-7-23(19)29/h3-4,6-9,12-14H,5,10-11,15-18H2,1-2H3,(H,41,42). The normalized spacial score (nSPS) is 15.0. The zero-order valence-electron chi connectivity index (χ0n) is 24.8. The summed E-state index contributed by atoms with van der Waals surface area (Å²) < 4.78 is 12.2. The number of benzene rings is 3. The maximum atomic E-state index is 12.8. The molecule has 2 aliphatic rings. The van der Waals surface area contributed by atoms with Crippen molar-refractivity contribution in [2.24, 2.45) is 14.1 Å². The van der Waals surface area contributed by atoms with Gasteiger partial charge in [-0.25, -0.2) is 4.79 Å². The molecule has 0 radical (unpaired) electrons. The van der Waals surface area contributed by atoms with Crippen molar-refractivity contribution in [3.8, 4) is 16.9 Å². The quantitative estimate of drug-likeness (QED) is 0.194. The Balaban J connectivity index is 1.25. The van der Waals surface area contributed by atoms with Gasteiger partial charge in [-0.2, -0.15) is 10.2 Å². The van der Waals surface area contributed by atoms with Gasteiger partial charge in [-0.15, -0.1) is 23.5 Å². The number of fused-ring (bicyclic) bond motifs is 6. The average Bonchev–Trinajstić information content (AvgIpc) is 3.65. The van der Waals surface area contributed by atoms with Crippen molar-refractivity contribution in [2.75, 3.05) is 6.61 Å². The minimum absolute atomic E-state index is 0.313. The average molecular weight is 656 g/mol. The lowest BCUT2D eigenvalue weighted by atomic mass is 9.88. The number of carboxylic acid groups (broad SMARTS) is 1. The number of nitrogens with zero attached hydrogens (tertiary/aromatic N) is 5. The Morgan fingerprint density at radius 2 is 1.87 bits per heavy atom. The number of aromatic carboxylic acids is 1. The molecule has 0 saturated heterocycles. The van der Waals surface area contributed by atoms with Crippen molar-refractivity contribution in [1.29, 1.82) is 0 Å². The van der Waals surface area contributed by atoms with E-state index in [0.717, 1.165) is 83.3 Å². The Morgan fingerprint density at radius 1 is 1.00 bits per heavy atom. The third kappa shape index (κ3) is 4.81. The smallest absolute Gasteiger partial charge is 0.352 e. The first kappa shape index (κ1) is 28.6. The molecule has 1 aliphatic carbocycles. The molecule has 0 saturated carbocycles. The van der Waals surface area contributed by atoms with Gasteiger partial charge in [0.1, 0.15) is 11.4 Å². The summed E-state index contributed by atoms with van der Waals surface area (Å²) in [5, 5.41) is 23.9. The number of thioether (sulfide) groups is 2. The number of aryl methyl sites for hydroxylation is 3. The van der Waals surface area contributed by atoms with Crippen LogP contribution in [0, 0.1) is 0 Å². The summed E-state index contributed by atoms with van der Waals surface area (Å²) >= 11 is 10.5. The topological polar surface area (TPSA) is 87.1 Å². The van der Waals surface area contributed by atoms with Crippen LogP contribution in [0.4, 0.5) is 0 Å². The highest BCUT2D eigenvalue weighted by Gasteiger charge is 2.33. The summed E-state index contributed by atoms with van der Waals surface area (Å²) in [7, 11) is 3.94. The number of carboxylic acids is 1. The van der Waals surface area contributed by atoms with Gasteiger partial charge in [0.15, 0.2) is 0 Å². The molecule has 3 aromatic carbocycles. The van der Waals surface area contributed by atoms with Gasteiger partial charge in [-0.05, 0) is 47.7 Å². The fourth-order valence-corrected chi connectivity index (χ4v) is 8.90. The molecule has 11 heteroatoms. The molecule has 0 amide bonds. The summed E-state index contributed by atoms with van der Waals surface area (Å²) in [5.74, 6) is 2.13. The van der Waals surface area contributed by atoms with Crippen LogP contribution in [0.5, 0.6) is 5.75 Å². The molecule has 9 bridgehead atoms. The largest absolute Gasteiger partial charge is 0.493 e. The lowest BCUT2D eigenvalue weighted by Crippen LogP contribution is -2.14. The van der Waals surface area contributed by atoms with Crippen molar-refractivity contribution >= 4 is 62.8 Å². The molecule has 0 spiro atoms. The molecule has 1 N–H and O–H groups in total. The Hall–Kier alpha value is -3.86. The van der Waals surface area contributed by atoms with E-state index in [1.54, 1.807) is 23.5 Å². The molecule has 45 heavy (non-hydrogen) atoms. The Labute approximate surface area is 273 Å². The number of rotatable bonds is 1. The third-order valence-electron chi connectivity index (χ3n) is 8.80. The molecule has 0 unspecified atom stereocenters. The van der Waals surface area contributed by atoms with Crippen LogP contribution in [0.1, 0.15) is 45.2 Å². The second-order valence-electron chi connectivity index (χ2n) is 11.5. The van der Waals surface area contributed by atoms with Crippen LogP contribution in [0.2, 0.25) is 5.02 Å². The second kappa shape index (κ2) is 11.2. The predicted octanol–water partition coefficient (Wildman–Crippen LogP) is 7.69. The molecule has 6 aromatic rings. The number of ether oxygens (including phenoxy) is 1. The Bertz CT molecular complexity index is 2160. The van der Waals surface area contributed by atoms with Gasteiger partial charge in [-0.3, -0.25) is 9.36 Å². The molecular formula is C34H30ClN5O3S2. The first-order chi connectivity index (χ1) is 21.9. The summed E-state index contributed by atoms with van der Waals surface area (Å²) in [4.78, 5) is 14.0. The van der Waals surface area contributed by atoms with E-state index in [9.17, 15) is 9.90 Å². The Morgan fingerprint density at radius 3 is 2.73 bits per heavy atom. The van der Waals surface area contributed by atoms with E-state index in [1.807, 2.05) is 52.3 Å². The molecular weight excluding hydrogens is 626 g/mol. The fraction of sp³-hybridized carbons (Fsp3) is 0.265. The predicted molar refractivity (Wildman–Crippen MR) is 181 cm³/mol. The summed E-state index contributed by atoms with van der Waals surface area (Å²) in [6.07, 6.45) is 1.12. The maximum Gasteiger partial charge on any atom is 0.352 e. The molecule has 4 heterocycles. The van der Waals surface area contributed by atoms with Crippen molar-refractivity contribution in [1.82, 2.24) is 24.1 Å². The van der Waals surface area contributed by atoms with Crippen molar-refractivity contribution in [3.05, 3.63) is 93.7 Å². The van der Waals surface area contributed by atoms with Crippen LogP contribution in [0.3, 0.4) is 0 Å². The van der Waals surface area contributed by atoms with Gasteiger partial charge in [0, 0.05) is 87.3 Å². The second-order valence-corrected chi connectivity index (χ2v) is 14.0. The van der Waals surface area contributed by atoms with E-state index in [4.69, 9.17) is 26.5 Å². The van der Waals surface area contributed by atoms with E-state index in [0.29, 0.717) is 42.5 Å². The van der Waals surface area contributed by atoms with E-state index in [-0.39, 0.29) is 0 Å². The number of aromatic nitrogens is 5. The van der Waals surface area contributed by atoms with Gasteiger partial charge >= 0.3 is 5.97 Å². The number of carbonyl (C=O) groups is 1. The van der Waals surface area contributed by atoms with Gasteiger partial charge in [0.05, 0.1) is 23.7 Å². The first-order valence-corrected chi connectivity index (χ1v) is 17.4. The summed E-state index contributed by atoms with van der Waals surface area (Å²) in [6.45, 7) is 0.953. The van der Waals surface area contributed by atoms with Gasteiger partial charge in [0.25, 0.3) is 0 Å². The van der Waals surface area contributed by atoms with Crippen molar-refractivity contribution in [3.63, 3.8) is 0 Å². The van der Waals surface area contributed by atoms with Gasteiger partial charge < -0.3 is 14.4 Å². The first-order valence-electron chi connectivity index (χ1n) is 14.9. The molecule has 8 nitrogen and oxygen atoms in total. The minimum atomic E-state index is -0.939. The molecule has 0 fully saturated rings. The van der Waals surface area contributed by atoms with E-state index in [1.165, 1.54) is 0 Å². The number of halogens is 1. The fourth-order valence-electron chi connectivity index (χ4n) is 6.81. The highest BCUT2D eigenvalue weighted by atomic mass is 35.5. The molecule has 228 valence electrons. The van der Waals surface area contributed by atoms with Crippen LogP contribution >= 0.6 is 35.1 Å². The van der Waals surface area contributed by atoms with Gasteiger partial charge in [0.2, 0.25) is 0 Å². The molecule has 8 rings (SSSR count). The number of hydrogen-bond donors (Lipinski definition) is 1. The minimum Gasteiger partial charge on any atom is -0.493 e. The SMILES string of the molecule is Cn1nc2cc1CSc1cc(c3ccccc3c1)OCCCn1c(C(=O)O)c3c4c(c(Cl)ccc41)-c1c(nn(C)c1C3)CSC2. The zero-order valence-corrected chi connectivity index (χ0v) is 27.2. The van der Waals surface area contributed by atoms with Crippen LogP contribution < -0.4 is 4.74 Å². The van der Waals surface area contributed by atoms with E-state index in [2.05, 4.69) is 30.3 Å². The Kier molecular flexibility index (Phi) is 7.11. The molecule has 3 aromatic heterocycles. The maximum absolute atomic E-state index is 12.8. The van der Waals surface area contributed by atoms with Crippen LogP contribution in [-0.2, 0) is 44.3 Å². The highest BCUT2D eigenvalue weighted by Crippen LogP contribution is 2.48. The van der Waals surface area contributed by atoms with Crippen molar-refractivity contribution in [2.45, 2.75) is 41.5 Å². The van der Waals surface area contributed by atoms with Crippen molar-refractivity contribution < 1.29 is 14.6 Å². The van der Waals surface area contributed by atoms with Gasteiger partial charge in [-0.1, -0.05) is 35.9 Å². The van der Waals surface area contributed by atoms with Crippen LogP contribution in [0.25, 0.3) is 32.8 Å². The van der Waals surface area contributed by atoms with E-state index >= 15 is 0 Å². The van der Waals surface area contributed by atoms with Crippen LogP contribution in [0.15, 0.2) is 59.5 Å². The van der Waals surface area contributed by atoms with Crippen LogP contribution in [-0.4, -0.2) is 41.8 Å². The zero-order chi connectivity index (χ0) is 30.8.